The fourth-order valence-electron chi connectivity index (χ4n) is 4.23. The van der Waals surface area contributed by atoms with E-state index in [1.807, 2.05) is 0 Å². The zero-order valence-electron chi connectivity index (χ0n) is 23.2. The molecule has 1 aromatic carbocycles. The molecule has 0 aromatic heterocycles. The molecule has 24 heteroatoms. The van der Waals surface area contributed by atoms with Crippen molar-refractivity contribution in [3.05, 3.63) is 35.4 Å². The number of benzene rings is 1. The predicted octanol–water partition coefficient (Wildman–Crippen LogP) is 9.03. The molecule has 0 radical (unpaired) electrons. The van der Waals surface area contributed by atoms with Gasteiger partial charge in [0.25, 0.3) is 0 Å². The second kappa shape index (κ2) is 10.7. The first-order chi connectivity index (χ1) is 20.7. The summed E-state index contributed by atoms with van der Waals surface area (Å²) in [6.07, 6.45) is -10.3. The van der Waals surface area contributed by atoms with Crippen LogP contribution < -0.4 is 0 Å². The molecule has 2 rings (SSSR count). The normalized spacial score (nSPS) is 19.8. The van der Waals surface area contributed by atoms with Crippen LogP contribution >= 0.6 is 0 Å². The number of esters is 1. The second-order valence-corrected chi connectivity index (χ2v) is 11.2. The number of rotatable bonds is 10. The van der Waals surface area contributed by atoms with Gasteiger partial charge in [-0.2, -0.15) is 92.2 Å². The van der Waals surface area contributed by atoms with E-state index in [-0.39, 0.29) is 0 Å². The van der Waals surface area contributed by atoms with Gasteiger partial charge < -0.3 is 4.74 Å². The Morgan fingerprint density at radius 2 is 0.896 bits per heavy atom. The molecule has 0 fully saturated rings. The summed E-state index contributed by atoms with van der Waals surface area (Å²) in [5, 5.41) is 0. The van der Waals surface area contributed by atoms with Crippen molar-refractivity contribution in [2.24, 2.45) is 5.41 Å². The number of hydrogen-bond donors (Lipinski definition) is 0. The summed E-state index contributed by atoms with van der Waals surface area (Å²) in [4.78, 5) is 25.7. The monoisotopic (exact) mass is 750 g/mol. The first-order valence-corrected chi connectivity index (χ1v) is 12.1. The van der Waals surface area contributed by atoms with Crippen molar-refractivity contribution in [2.75, 3.05) is 0 Å². The van der Waals surface area contributed by atoms with Crippen molar-refractivity contribution in [3.8, 4) is 0 Å². The zero-order chi connectivity index (χ0) is 38.6. The molecular formula is C24H15F21O3. The summed E-state index contributed by atoms with van der Waals surface area (Å²) in [6, 6.07) is 2.63. The highest BCUT2D eigenvalue weighted by molar-refractivity contribution is 6.17. The van der Waals surface area contributed by atoms with E-state index in [2.05, 4.69) is 4.74 Å². The summed E-state index contributed by atoms with van der Waals surface area (Å²) in [7, 11) is 0. The van der Waals surface area contributed by atoms with E-state index in [0.717, 1.165) is 32.9 Å². The first kappa shape index (κ1) is 41.1. The van der Waals surface area contributed by atoms with Crippen LogP contribution in [0, 0.1) is 5.41 Å². The molecule has 1 aliphatic carbocycles. The maximum Gasteiger partial charge on any atom is 0.460 e. The van der Waals surface area contributed by atoms with Gasteiger partial charge in [-0.1, -0.05) is 24.3 Å². The van der Waals surface area contributed by atoms with Crippen molar-refractivity contribution in [1.29, 1.82) is 0 Å². The number of Topliss-reactive ketones (excluding diaryl/α,β-unsaturated/α-hetero) is 1. The van der Waals surface area contributed by atoms with E-state index in [4.69, 9.17) is 0 Å². The molecule has 0 unspecified atom stereocenters. The molecule has 1 aromatic rings. The lowest BCUT2D eigenvalue weighted by Gasteiger charge is -2.46. The van der Waals surface area contributed by atoms with Gasteiger partial charge in [-0.05, 0) is 26.3 Å². The maximum absolute atomic E-state index is 15.6. The lowest BCUT2D eigenvalue weighted by atomic mass is 9.72. The highest BCUT2D eigenvalue weighted by atomic mass is 19.4. The van der Waals surface area contributed by atoms with Gasteiger partial charge >= 0.3 is 65.4 Å². The van der Waals surface area contributed by atoms with Crippen LogP contribution in [0.4, 0.5) is 92.2 Å². The molecule has 0 saturated carbocycles. The third-order valence-corrected chi connectivity index (χ3v) is 6.90. The number of hydrogen-bond acceptors (Lipinski definition) is 3. The van der Waals surface area contributed by atoms with Gasteiger partial charge in [0.15, 0.2) is 5.78 Å². The Morgan fingerprint density at radius 3 is 1.23 bits per heavy atom. The fourth-order valence-corrected chi connectivity index (χ4v) is 4.23. The van der Waals surface area contributed by atoms with Gasteiger partial charge in [0.05, 0.1) is 0 Å². The van der Waals surface area contributed by atoms with Crippen molar-refractivity contribution >= 4 is 11.8 Å². The second-order valence-electron chi connectivity index (χ2n) is 11.2. The van der Waals surface area contributed by atoms with E-state index < -0.39 is 99.8 Å². The number of fused-ring (bicyclic) bond motifs is 1. The fraction of sp³-hybridized carbons (Fsp3) is 0.667. The van der Waals surface area contributed by atoms with Gasteiger partial charge in [-0.3, -0.25) is 9.59 Å². The predicted molar refractivity (Wildman–Crippen MR) is 113 cm³/mol. The highest BCUT2D eigenvalue weighted by Crippen LogP contribution is 2.68. The molecule has 276 valence electrons. The largest absolute Gasteiger partial charge is 0.460 e. The minimum atomic E-state index is -9.36. The topological polar surface area (TPSA) is 43.4 Å². The molecule has 1 atom stereocenters. The maximum atomic E-state index is 15.6. The Balaban J connectivity index is 2.88. The van der Waals surface area contributed by atoms with E-state index >= 15 is 17.6 Å². The molecule has 0 saturated heterocycles. The molecule has 48 heavy (non-hydrogen) atoms. The SMILES string of the molecule is CC(C)(C)OC(=O)[C@]1(C(F)(F)C(F)(F)C(F)(F)C(F)(F)C(F)(F)C(F)(F)C(F)(F)C(F)(F)C(F)(F)C(F)(F)F)Cc2ccccc2C1=O. The number of ether oxygens (including phenoxy) is 1. The number of halogens is 21. The van der Waals surface area contributed by atoms with E-state index in [9.17, 15) is 84.2 Å². The number of carbonyl (C=O) groups excluding carboxylic acids is 2. The summed E-state index contributed by atoms with van der Waals surface area (Å²) in [5.74, 6) is -85.4. The lowest BCUT2D eigenvalue weighted by molar-refractivity contribution is -0.475. The third-order valence-electron chi connectivity index (χ3n) is 6.90. The zero-order valence-corrected chi connectivity index (χ0v) is 23.2. The Hall–Kier alpha value is -3.11. The number of ketones is 1. The molecule has 0 N–H and O–H groups in total. The molecular weight excluding hydrogens is 735 g/mol. The molecule has 3 nitrogen and oxygen atoms in total. The van der Waals surface area contributed by atoms with Crippen LogP contribution in [0.3, 0.4) is 0 Å². The summed E-state index contributed by atoms with van der Waals surface area (Å²) < 4.78 is 297. The van der Waals surface area contributed by atoms with E-state index in [1.54, 1.807) is 0 Å². The number of alkyl halides is 21. The molecule has 0 spiro atoms. The van der Waals surface area contributed by atoms with Crippen LogP contribution in [0.1, 0.15) is 36.7 Å². The molecule has 0 amide bonds. The summed E-state index contributed by atoms with van der Waals surface area (Å²) >= 11 is 0. The van der Waals surface area contributed by atoms with Crippen LogP contribution in [-0.2, 0) is 16.0 Å². The van der Waals surface area contributed by atoms with Crippen LogP contribution in [0.25, 0.3) is 0 Å². The van der Waals surface area contributed by atoms with Crippen LogP contribution in [-0.4, -0.2) is 76.8 Å². The van der Waals surface area contributed by atoms with E-state index in [1.165, 1.54) is 0 Å². The van der Waals surface area contributed by atoms with Crippen LogP contribution in [0.5, 0.6) is 0 Å². The van der Waals surface area contributed by atoms with E-state index in [0.29, 0.717) is 12.1 Å². The van der Waals surface area contributed by atoms with Crippen molar-refractivity contribution in [1.82, 2.24) is 0 Å². The smallest absolute Gasteiger partial charge is 0.459 e. The minimum Gasteiger partial charge on any atom is -0.459 e. The average Bonchev–Trinajstić information content (AvgIpc) is 3.20. The van der Waals surface area contributed by atoms with Crippen molar-refractivity contribution in [2.45, 2.75) is 92.3 Å². The quantitative estimate of drug-likeness (QED) is 0.136. The summed E-state index contributed by atoms with van der Waals surface area (Å²) in [6.45, 7) is 2.27. The summed E-state index contributed by atoms with van der Waals surface area (Å²) in [5.41, 5.74) is -9.47. The lowest BCUT2D eigenvalue weighted by Crippen LogP contribution is -2.78. The Morgan fingerprint density at radius 1 is 0.562 bits per heavy atom. The third kappa shape index (κ3) is 4.90. The van der Waals surface area contributed by atoms with Crippen molar-refractivity contribution in [3.63, 3.8) is 0 Å². The van der Waals surface area contributed by atoms with Crippen LogP contribution in [0.15, 0.2) is 24.3 Å². The molecule has 0 bridgehead atoms. The van der Waals surface area contributed by atoms with Gasteiger partial charge in [0, 0.05) is 12.0 Å². The molecule has 0 aliphatic heterocycles. The Labute approximate surface area is 252 Å². The minimum absolute atomic E-state index is 0.457. The van der Waals surface area contributed by atoms with Gasteiger partial charge in [-0.15, -0.1) is 0 Å². The average molecular weight is 750 g/mol. The van der Waals surface area contributed by atoms with Gasteiger partial charge in [0.1, 0.15) is 5.60 Å². The first-order valence-electron chi connectivity index (χ1n) is 12.1. The Kier molecular flexibility index (Phi) is 9.15. The molecule has 1 aliphatic rings. The van der Waals surface area contributed by atoms with Gasteiger partial charge in [0.2, 0.25) is 5.41 Å². The van der Waals surface area contributed by atoms with Crippen molar-refractivity contribution < 1.29 is 107 Å². The standard InChI is InChI=1S/C24H15F21O3/c1-13(2,3)48-12(47)14(8-9-6-4-5-7-10(9)11(14)46)15(25,26)16(27,28)17(29,30)18(31,32)19(33,34)20(35,36)21(37,38)22(39,40)23(41,42)24(43,44)45/h4-7H,8H2,1-3H3/t14-/m0/s1. The Bertz CT molecular complexity index is 1440. The highest BCUT2D eigenvalue weighted by Gasteiger charge is 2.99. The molecule has 0 heterocycles. The van der Waals surface area contributed by atoms with Crippen LogP contribution in [0.2, 0.25) is 0 Å². The van der Waals surface area contributed by atoms with Gasteiger partial charge in [-0.25, -0.2) is 0 Å². The number of carbonyl (C=O) groups is 2.